The van der Waals surface area contributed by atoms with E-state index in [9.17, 15) is 14.4 Å². The lowest BCUT2D eigenvalue weighted by Crippen LogP contribution is -2.48. The highest BCUT2D eigenvalue weighted by Crippen LogP contribution is 2.69. The smallest absolute Gasteiger partial charge is 0.305 e. The van der Waals surface area contributed by atoms with Gasteiger partial charge in [-0.25, -0.2) is 0 Å². The van der Waals surface area contributed by atoms with E-state index in [0.717, 1.165) is 16.3 Å². The van der Waals surface area contributed by atoms with E-state index in [-0.39, 0.29) is 51.0 Å². The maximum absolute atomic E-state index is 13.4. The molecule has 150 valence electrons. The van der Waals surface area contributed by atoms with Gasteiger partial charge >= 0.3 is 4.87 Å². The first-order valence-electron chi connectivity index (χ1n) is 9.82. The lowest BCUT2D eigenvalue weighted by Gasteiger charge is -2.47. The standard InChI is InChI=1S/C21H19ClN2O3S2/c1-21(2)14-10-7-11(15(14)28-17-16(21)29-20(27)23-17)13-12(10)18(25)24(19(13)26)9-5-3-8(22)4-6-9/h3-6,10-15H,7H2,1-2H3,(H,23,27). The maximum Gasteiger partial charge on any atom is 0.305 e. The van der Waals surface area contributed by atoms with Crippen LogP contribution in [0.1, 0.15) is 25.1 Å². The fourth-order valence-electron chi connectivity index (χ4n) is 6.50. The Bertz CT molecular complexity index is 1120. The molecule has 6 atom stereocenters. The minimum atomic E-state index is -0.250. The third kappa shape index (κ3) is 2.21. The van der Waals surface area contributed by atoms with Gasteiger partial charge in [-0.3, -0.25) is 19.3 Å². The third-order valence-corrected chi connectivity index (χ3v) is 10.5. The van der Waals surface area contributed by atoms with Crippen LogP contribution in [0.5, 0.6) is 0 Å². The van der Waals surface area contributed by atoms with Gasteiger partial charge in [-0.2, -0.15) is 0 Å². The topological polar surface area (TPSA) is 70.2 Å². The number of fused-ring (bicyclic) bond motifs is 9. The monoisotopic (exact) mass is 446 g/mol. The summed E-state index contributed by atoms with van der Waals surface area (Å²) in [5, 5.41) is 1.80. The van der Waals surface area contributed by atoms with Gasteiger partial charge in [0.05, 0.1) is 22.5 Å². The summed E-state index contributed by atoms with van der Waals surface area (Å²) in [5.41, 5.74) is 0.424. The first-order chi connectivity index (χ1) is 13.8. The zero-order valence-electron chi connectivity index (χ0n) is 15.8. The summed E-state index contributed by atoms with van der Waals surface area (Å²) < 4.78 is 0. The summed E-state index contributed by atoms with van der Waals surface area (Å²) in [7, 11) is 0. The molecule has 3 heterocycles. The molecule has 2 aromatic rings. The van der Waals surface area contributed by atoms with Gasteiger partial charge < -0.3 is 4.98 Å². The average molecular weight is 447 g/mol. The maximum atomic E-state index is 13.4. The van der Waals surface area contributed by atoms with Gasteiger partial charge in [-0.05, 0) is 48.4 Å². The van der Waals surface area contributed by atoms with Crippen LogP contribution in [0.4, 0.5) is 5.69 Å². The highest BCUT2D eigenvalue weighted by atomic mass is 35.5. The van der Waals surface area contributed by atoms with Crippen molar-refractivity contribution in [3.63, 3.8) is 0 Å². The Balaban J connectivity index is 1.42. The molecule has 4 aliphatic rings. The molecular formula is C21H19ClN2O3S2. The number of nitrogens with zero attached hydrogens (tertiary/aromatic N) is 1. The molecule has 1 aromatic carbocycles. The molecule has 2 saturated carbocycles. The second-order valence-electron chi connectivity index (χ2n) is 9.11. The minimum absolute atomic E-state index is 0.0239. The number of halogens is 1. The Kier molecular flexibility index (Phi) is 3.62. The number of H-pyrrole nitrogens is 1. The summed E-state index contributed by atoms with van der Waals surface area (Å²) >= 11 is 9.00. The Labute approximate surface area is 180 Å². The summed E-state index contributed by atoms with van der Waals surface area (Å²) in [6.07, 6.45) is 0.923. The molecule has 0 spiro atoms. The van der Waals surface area contributed by atoms with E-state index >= 15 is 0 Å². The molecule has 2 aliphatic carbocycles. The van der Waals surface area contributed by atoms with Crippen LogP contribution < -0.4 is 9.77 Å². The number of hydrogen-bond acceptors (Lipinski definition) is 5. The lowest BCUT2D eigenvalue weighted by atomic mass is 9.64. The van der Waals surface area contributed by atoms with Gasteiger partial charge in [-0.1, -0.05) is 36.8 Å². The highest BCUT2D eigenvalue weighted by Gasteiger charge is 2.70. The van der Waals surface area contributed by atoms with Crippen LogP contribution in [-0.2, 0) is 15.0 Å². The van der Waals surface area contributed by atoms with Crippen LogP contribution in [-0.4, -0.2) is 22.0 Å². The number of anilines is 1. The molecule has 2 bridgehead atoms. The number of amides is 2. The highest BCUT2D eigenvalue weighted by molar-refractivity contribution is 8.00. The van der Waals surface area contributed by atoms with Gasteiger partial charge in [-0.15, -0.1) is 11.8 Å². The molecular weight excluding hydrogens is 428 g/mol. The molecule has 2 amide bonds. The SMILES string of the molecule is CC1(C)c2sc(=O)[nH]c2SC2C3CC(C4C(=O)N(c5ccc(Cl)cc5)C(=O)C34)C21. The Morgan fingerprint density at radius 2 is 1.72 bits per heavy atom. The van der Waals surface area contributed by atoms with Crippen molar-refractivity contribution in [1.82, 2.24) is 4.98 Å². The van der Waals surface area contributed by atoms with Crippen molar-refractivity contribution < 1.29 is 9.59 Å². The van der Waals surface area contributed by atoms with E-state index in [1.807, 2.05) is 0 Å². The molecule has 29 heavy (non-hydrogen) atoms. The van der Waals surface area contributed by atoms with Crippen molar-refractivity contribution in [2.45, 2.75) is 36.0 Å². The van der Waals surface area contributed by atoms with Gasteiger partial charge in [0.15, 0.2) is 0 Å². The summed E-state index contributed by atoms with van der Waals surface area (Å²) in [6.45, 7) is 4.39. The number of carbonyl (C=O) groups excluding carboxylic acids is 2. The van der Waals surface area contributed by atoms with E-state index in [0.29, 0.717) is 16.6 Å². The fourth-order valence-corrected chi connectivity index (χ4v) is 9.78. The van der Waals surface area contributed by atoms with Gasteiger partial charge in [0.25, 0.3) is 0 Å². The number of carbonyl (C=O) groups is 2. The fraction of sp³-hybridized carbons (Fsp3) is 0.476. The van der Waals surface area contributed by atoms with Crippen molar-refractivity contribution in [1.29, 1.82) is 0 Å². The van der Waals surface area contributed by atoms with Gasteiger partial charge in [0, 0.05) is 20.6 Å². The Hall–Kier alpha value is -1.57. The molecule has 1 aromatic heterocycles. The first kappa shape index (κ1) is 18.2. The van der Waals surface area contributed by atoms with Crippen molar-refractivity contribution in [2.24, 2.45) is 29.6 Å². The van der Waals surface area contributed by atoms with E-state index in [1.54, 1.807) is 36.0 Å². The Morgan fingerprint density at radius 3 is 2.41 bits per heavy atom. The van der Waals surface area contributed by atoms with Gasteiger partial charge in [0.2, 0.25) is 11.8 Å². The predicted molar refractivity (Wildman–Crippen MR) is 114 cm³/mol. The number of aromatic nitrogens is 1. The van der Waals surface area contributed by atoms with Gasteiger partial charge in [0.1, 0.15) is 0 Å². The van der Waals surface area contributed by atoms with Crippen LogP contribution in [0, 0.1) is 29.6 Å². The van der Waals surface area contributed by atoms with E-state index in [1.165, 1.54) is 16.2 Å². The number of imide groups is 1. The lowest BCUT2D eigenvalue weighted by molar-refractivity contribution is -0.123. The Morgan fingerprint density at radius 1 is 1.07 bits per heavy atom. The average Bonchev–Trinajstić information content (AvgIpc) is 3.38. The van der Waals surface area contributed by atoms with Crippen LogP contribution in [0.2, 0.25) is 5.02 Å². The molecule has 8 heteroatoms. The molecule has 0 radical (unpaired) electrons. The van der Waals surface area contributed by atoms with Crippen LogP contribution in [0.15, 0.2) is 34.1 Å². The van der Waals surface area contributed by atoms with Crippen LogP contribution >= 0.6 is 34.7 Å². The summed E-state index contributed by atoms with van der Waals surface area (Å²) in [5.74, 6) is 0.000336. The van der Waals surface area contributed by atoms with E-state index < -0.39 is 0 Å². The largest absolute Gasteiger partial charge is 0.307 e. The number of thiazole rings is 1. The number of thioether (sulfide) groups is 1. The molecule has 6 rings (SSSR count). The van der Waals surface area contributed by atoms with Crippen molar-refractivity contribution in [2.75, 3.05) is 4.90 Å². The molecule has 2 aliphatic heterocycles. The number of hydrogen-bond donors (Lipinski definition) is 1. The summed E-state index contributed by atoms with van der Waals surface area (Å²) in [6, 6.07) is 6.92. The molecule has 3 fully saturated rings. The van der Waals surface area contributed by atoms with Crippen molar-refractivity contribution in [3.8, 4) is 0 Å². The number of nitrogens with one attached hydrogen (secondary N) is 1. The van der Waals surface area contributed by atoms with Crippen molar-refractivity contribution in [3.05, 3.63) is 43.8 Å². The second-order valence-corrected chi connectivity index (χ2v) is 11.7. The first-order valence-corrected chi connectivity index (χ1v) is 11.9. The molecule has 5 nitrogen and oxygen atoms in total. The zero-order valence-corrected chi connectivity index (χ0v) is 18.2. The molecule has 6 unspecified atom stereocenters. The van der Waals surface area contributed by atoms with Crippen LogP contribution in [0.3, 0.4) is 0 Å². The van der Waals surface area contributed by atoms with Crippen molar-refractivity contribution >= 4 is 52.2 Å². The second kappa shape index (κ2) is 5.77. The number of aromatic amines is 1. The quantitative estimate of drug-likeness (QED) is 0.674. The normalized spacial score (nSPS) is 36.3. The van der Waals surface area contributed by atoms with E-state index in [4.69, 9.17) is 11.6 Å². The minimum Gasteiger partial charge on any atom is -0.307 e. The third-order valence-electron chi connectivity index (χ3n) is 7.48. The number of rotatable bonds is 1. The van der Waals surface area contributed by atoms with Crippen LogP contribution in [0.25, 0.3) is 0 Å². The zero-order chi connectivity index (χ0) is 20.2. The molecule has 1 saturated heterocycles. The molecule has 1 N–H and O–H groups in total. The number of benzene rings is 1. The summed E-state index contributed by atoms with van der Waals surface area (Å²) in [4.78, 5) is 44.2. The van der Waals surface area contributed by atoms with E-state index in [2.05, 4.69) is 18.8 Å². The predicted octanol–water partition coefficient (Wildman–Crippen LogP) is 3.91.